The fraction of sp³-hybridized carbons (Fsp3) is 0.278. The molecule has 26 heavy (non-hydrogen) atoms. The lowest BCUT2D eigenvalue weighted by Gasteiger charge is -2.21. The van der Waals surface area contributed by atoms with Crippen LogP contribution in [-0.2, 0) is 11.3 Å². The number of hydrogen-bond donors (Lipinski definition) is 1. The summed E-state index contributed by atoms with van der Waals surface area (Å²) in [5.41, 5.74) is 0.845. The maximum Gasteiger partial charge on any atom is 0.237 e. The van der Waals surface area contributed by atoms with Crippen LogP contribution in [0.5, 0.6) is 0 Å². The van der Waals surface area contributed by atoms with E-state index in [0.717, 1.165) is 33.9 Å². The van der Waals surface area contributed by atoms with Crippen molar-refractivity contribution >= 4 is 39.8 Å². The number of carbonyl (C=O) groups is 1. The molecule has 1 amide bonds. The van der Waals surface area contributed by atoms with Crippen LogP contribution in [-0.4, -0.2) is 28.4 Å². The zero-order chi connectivity index (χ0) is 18.2. The molecule has 0 aliphatic carbocycles. The van der Waals surface area contributed by atoms with Crippen LogP contribution in [0.1, 0.15) is 19.1 Å². The van der Waals surface area contributed by atoms with Crippen molar-refractivity contribution in [1.29, 1.82) is 0 Å². The summed E-state index contributed by atoms with van der Waals surface area (Å²) in [6, 6.07) is 13.3. The molecule has 136 valence electrons. The molecule has 0 saturated carbocycles. The summed E-state index contributed by atoms with van der Waals surface area (Å²) in [5, 5.41) is 12.2. The highest BCUT2D eigenvalue weighted by atomic mass is 32.2. The fourth-order valence-corrected chi connectivity index (χ4v) is 3.92. The van der Waals surface area contributed by atoms with Crippen LogP contribution in [0.4, 0.5) is 10.8 Å². The summed E-state index contributed by atoms with van der Waals surface area (Å²) < 4.78 is 6.19. The third kappa shape index (κ3) is 5.09. The number of para-hydroxylation sites is 1. The number of nitrogens with zero attached hydrogens (tertiary/aromatic N) is 3. The van der Waals surface area contributed by atoms with Gasteiger partial charge in [-0.25, -0.2) is 0 Å². The van der Waals surface area contributed by atoms with Gasteiger partial charge in [-0.2, -0.15) is 0 Å². The molecule has 1 N–H and O–H groups in total. The molecule has 0 fully saturated rings. The van der Waals surface area contributed by atoms with Gasteiger partial charge in [-0.1, -0.05) is 48.2 Å². The molecule has 0 spiro atoms. The molecule has 0 aliphatic heterocycles. The smallest absolute Gasteiger partial charge is 0.237 e. The van der Waals surface area contributed by atoms with E-state index < -0.39 is 0 Å². The Kier molecular flexibility index (Phi) is 6.68. The number of aromatic nitrogens is 2. The Morgan fingerprint density at radius 3 is 2.81 bits per heavy atom. The molecule has 0 atom stereocenters. The van der Waals surface area contributed by atoms with Gasteiger partial charge in [0, 0.05) is 12.2 Å². The van der Waals surface area contributed by atoms with E-state index in [1.165, 1.54) is 23.1 Å². The molecule has 6 nitrogen and oxygen atoms in total. The van der Waals surface area contributed by atoms with Crippen LogP contribution in [0.3, 0.4) is 0 Å². The molecule has 3 rings (SSSR count). The molecular weight excluding hydrogens is 368 g/mol. The van der Waals surface area contributed by atoms with E-state index in [-0.39, 0.29) is 11.7 Å². The van der Waals surface area contributed by atoms with E-state index in [1.54, 1.807) is 11.2 Å². The lowest BCUT2D eigenvalue weighted by Crippen LogP contribution is -2.31. The van der Waals surface area contributed by atoms with Gasteiger partial charge >= 0.3 is 0 Å². The first-order valence-electron chi connectivity index (χ1n) is 8.34. The number of rotatable bonds is 9. The highest BCUT2D eigenvalue weighted by Gasteiger charge is 2.18. The molecule has 0 aliphatic rings. The SMILES string of the molecule is CCCNc1nnc(SCC(=O)N(Cc2ccco2)c2ccccc2)s1. The van der Waals surface area contributed by atoms with Gasteiger partial charge in [-0.15, -0.1) is 10.2 Å². The van der Waals surface area contributed by atoms with Crippen LogP contribution in [0.25, 0.3) is 0 Å². The predicted octanol–water partition coefficient (Wildman–Crippen LogP) is 4.28. The van der Waals surface area contributed by atoms with Crippen molar-refractivity contribution in [1.82, 2.24) is 10.2 Å². The van der Waals surface area contributed by atoms with Crippen molar-refractivity contribution in [3.05, 3.63) is 54.5 Å². The zero-order valence-electron chi connectivity index (χ0n) is 14.4. The lowest BCUT2D eigenvalue weighted by molar-refractivity contribution is -0.116. The van der Waals surface area contributed by atoms with E-state index in [1.807, 2.05) is 42.5 Å². The molecule has 0 bridgehead atoms. The first-order valence-corrected chi connectivity index (χ1v) is 10.1. The van der Waals surface area contributed by atoms with Gasteiger partial charge in [0.25, 0.3) is 0 Å². The maximum absolute atomic E-state index is 12.8. The van der Waals surface area contributed by atoms with Crippen molar-refractivity contribution in [3.63, 3.8) is 0 Å². The number of nitrogens with one attached hydrogen (secondary N) is 1. The number of anilines is 2. The highest BCUT2D eigenvalue weighted by molar-refractivity contribution is 8.01. The molecule has 1 aromatic carbocycles. The van der Waals surface area contributed by atoms with Gasteiger partial charge in [0.2, 0.25) is 11.0 Å². The Morgan fingerprint density at radius 1 is 1.23 bits per heavy atom. The minimum Gasteiger partial charge on any atom is -0.467 e. The minimum atomic E-state index is -0.00383. The molecule has 0 unspecified atom stereocenters. The molecule has 0 saturated heterocycles. The van der Waals surface area contributed by atoms with Gasteiger partial charge in [-0.3, -0.25) is 4.79 Å². The van der Waals surface area contributed by atoms with Crippen molar-refractivity contribution in [2.24, 2.45) is 0 Å². The number of hydrogen-bond acceptors (Lipinski definition) is 7. The largest absolute Gasteiger partial charge is 0.467 e. The van der Waals surface area contributed by atoms with E-state index in [9.17, 15) is 4.79 Å². The first-order chi connectivity index (χ1) is 12.8. The van der Waals surface area contributed by atoms with E-state index in [0.29, 0.717) is 6.54 Å². The van der Waals surface area contributed by atoms with Crippen molar-refractivity contribution < 1.29 is 9.21 Å². The van der Waals surface area contributed by atoms with Crippen molar-refractivity contribution in [2.75, 3.05) is 22.5 Å². The van der Waals surface area contributed by atoms with Crippen LogP contribution in [0.15, 0.2) is 57.5 Å². The van der Waals surface area contributed by atoms with Gasteiger partial charge in [0.1, 0.15) is 5.76 Å². The topological polar surface area (TPSA) is 71.3 Å². The number of amides is 1. The summed E-state index contributed by atoms with van der Waals surface area (Å²) in [5.74, 6) is 1.03. The second-order valence-corrected chi connectivity index (χ2v) is 7.68. The number of carbonyl (C=O) groups excluding carboxylic acids is 1. The standard InChI is InChI=1S/C18H20N4O2S2/c1-2-10-19-17-20-21-18(26-17)25-13-16(23)22(12-15-9-6-11-24-15)14-7-4-3-5-8-14/h3-9,11H,2,10,12-13H2,1H3,(H,19,20). The molecule has 0 radical (unpaired) electrons. The first kappa shape index (κ1) is 18.5. The van der Waals surface area contributed by atoms with Gasteiger partial charge in [0.05, 0.1) is 18.6 Å². The Hall–Kier alpha value is -2.32. The Bertz CT molecular complexity index is 806. The Morgan fingerprint density at radius 2 is 2.08 bits per heavy atom. The molecule has 2 heterocycles. The maximum atomic E-state index is 12.8. The fourth-order valence-electron chi connectivity index (χ4n) is 2.26. The summed E-state index contributed by atoms with van der Waals surface area (Å²) in [6.45, 7) is 3.36. The molecule has 8 heteroatoms. The third-order valence-corrected chi connectivity index (χ3v) is 5.51. The van der Waals surface area contributed by atoms with Gasteiger partial charge in [-0.05, 0) is 30.7 Å². The quantitative estimate of drug-likeness (QED) is 0.552. The average molecular weight is 389 g/mol. The predicted molar refractivity (Wildman–Crippen MR) is 106 cm³/mol. The second-order valence-electron chi connectivity index (χ2n) is 5.48. The third-order valence-electron chi connectivity index (χ3n) is 3.51. The summed E-state index contributed by atoms with van der Waals surface area (Å²) in [4.78, 5) is 14.6. The molecular formula is C18H20N4O2S2. The van der Waals surface area contributed by atoms with Crippen LogP contribution in [0.2, 0.25) is 0 Å². The Labute approximate surface area is 160 Å². The van der Waals surface area contributed by atoms with Crippen LogP contribution >= 0.6 is 23.1 Å². The Balaban J connectivity index is 1.64. The van der Waals surface area contributed by atoms with E-state index in [4.69, 9.17) is 4.42 Å². The normalized spacial score (nSPS) is 10.7. The zero-order valence-corrected chi connectivity index (χ0v) is 16.1. The van der Waals surface area contributed by atoms with Gasteiger partial charge < -0.3 is 14.6 Å². The minimum absolute atomic E-state index is 0.00383. The number of benzene rings is 1. The van der Waals surface area contributed by atoms with Crippen molar-refractivity contribution in [3.8, 4) is 0 Å². The monoisotopic (exact) mass is 388 g/mol. The van der Waals surface area contributed by atoms with E-state index >= 15 is 0 Å². The summed E-state index contributed by atoms with van der Waals surface area (Å²) >= 11 is 2.87. The highest BCUT2D eigenvalue weighted by Crippen LogP contribution is 2.27. The molecule has 3 aromatic rings. The average Bonchev–Trinajstić information content (AvgIpc) is 3.35. The van der Waals surface area contributed by atoms with Crippen LogP contribution in [0, 0.1) is 0 Å². The van der Waals surface area contributed by atoms with Crippen molar-refractivity contribution in [2.45, 2.75) is 24.2 Å². The van der Waals surface area contributed by atoms with E-state index in [2.05, 4.69) is 22.4 Å². The number of thioether (sulfide) groups is 1. The summed E-state index contributed by atoms with van der Waals surface area (Å²) in [7, 11) is 0. The second kappa shape index (κ2) is 9.40. The van der Waals surface area contributed by atoms with Crippen LogP contribution < -0.4 is 10.2 Å². The summed E-state index contributed by atoms with van der Waals surface area (Å²) in [6.07, 6.45) is 2.64. The molecule has 2 aromatic heterocycles. The number of furan rings is 1. The lowest BCUT2D eigenvalue weighted by atomic mass is 10.2. The van der Waals surface area contributed by atoms with Gasteiger partial charge in [0.15, 0.2) is 4.34 Å².